The van der Waals surface area contributed by atoms with E-state index in [1.54, 1.807) is 19.1 Å². The molecule has 4 unspecified atom stereocenters. The topological polar surface area (TPSA) is 129 Å². The summed E-state index contributed by atoms with van der Waals surface area (Å²) >= 11 is 0. The minimum atomic E-state index is -3.85. The SMILES string of the molecule is C/C=C/c1cn(C2CC(OP(=O)(OC)OCCCCC)C(CO)O2)c(=O)[nH]c1=O. The van der Waals surface area contributed by atoms with Crippen LogP contribution >= 0.6 is 7.82 Å². The Kier molecular flexibility index (Phi) is 9.01. The molecule has 1 aliphatic heterocycles. The summed E-state index contributed by atoms with van der Waals surface area (Å²) in [5.74, 6) is 0. The summed E-state index contributed by atoms with van der Waals surface area (Å²) in [4.78, 5) is 26.3. The first kappa shape index (κ1) is 23.7. The highest BCUT2D eigenvalue weighted by atomic mass is 31.2. The van der Waals surface area contributed by atoms with Crippen LogP contribution in [-0.2, 0) is 22.9 Å². The lowest BCUT2D eigenvalue weighted by atomic mass is 10.2. The van der Waals surface area contributed by atoms with Gasteiger partial charge in [-0.25, -0.2) is 9.36 Å². The number of nitrogens with one attached hydrogen (secondary N) is 1. The van der Waals surface area contributed by atoms with Crippen LogP contribution < -0.4 is 11.2 Å². The Morgan fingerprint density at radius 1 is 1.41 bits per heavy atom. The first-order valence-electron chi connectivity index (χ1n) is 9.60. The summed E-state index contributed by atoms with van der Waals surface area (Å²) in [6.45, 7) is 3.58. The van der Waals surface area contributed by atoms with Crippen molar-refractivity contribution in [3.8, 4) is 0 Å². The van der Waals surface area contributed by atoms with E-state index in [0.717, 1.165) is 12.8 Å². The van der Waals surface area contributed by atoms with Gasteiger partial charge < -0.3 is 9.84 Å². The van der Waals surface area contributed by atoms with Gasteiger partial charge in [-0.15, -0.1) is 0 Å². The van der Waals surface area contributed by atoms with Crippen LogP contribution in [0.3, 0.4) is 0 Å². The number of hydrogen-bond acceptors (Lipinski definition) is 8. The summed E-state index contributed by atoms with van der Waals surface area (Å²) in [6.07, 6.45) is 4.83. The Labute approximate surface area is 169 Å². The molecule has 1 aromatic rings. The second-order valence-electron chi connectivity index (χ2n) is 6.61. The molecule has 1 saturated heterocycles. The molecule has 11 heteroatoms. The van der Waals surface area contributed by atoms with Crippen molar-refractivity contribution in [1.82, 2.24) is 9.55 Å². The van der Waals surface area contributed by atoms with Gasteiger partial charge in [0.1, 0.15) is 18.4 Å². The van der Waals surface area contributed by atoms with Gasteiger partial charge in [-0.1, -0.05) is 31.9 Å². The molecule has 1 aromatic heterocycles. The first-order chi connectivity index (χ1) is 13.9. The quantitative estimate of drug-likeness (QED) is 0.402. The van der Waals surface area contributed by atoms with Gasteiger partial charge in [0.05, 0.1) is 18.8 Å². The molecule has 0 radical (unpaired) electrons. The molecule has 1 aliphatic rings. The van der Waals surface area contributed by atoms with Gasteiger partial charge in [0.15, 0.2) is 0 Å². The first-order valence-corrected chi connectivity index (χ1v) is 11.1. The van der Waals surface area contributed by atoms with Crippen molar-refractivity contribution >= 4 is 13.9 Å². The van der Waals surface area contributed by atoms with Crippen molar-refractivity contribution in [3.05, 3.63) is 38.7 Å². The van der Waals surface area contributed by atoms with E-state index in [4.69, 9.17) is 18.3 Å². The van der Waals surface area contributed by atoms with Gasteiger partial charge >= 0.3 is 13.5 Å². The summed E-state index contributed by atoms with van der Waals surface area (Å²) in [5, 5.41) is 9.64. The molecule has 0 bridgehead atoms. The van der Waals surface area contributed by atoms with Crippen LogP contribution in [0.1, 0.15) is 51.3 Å². The zero-order valence-corrected chi connectivity index (χ0v) is 17.8. The number of unbranched alkanes of at least 4 members (excludes halogenated alkanes) is 2. The molecule has 0 amide bonds. The predicted octanol–water partition coefficient (Wildman–Crippen LogP) is 2.20. The number of H-pyrrole nitrogens is 1. The highest BCUT2D eigenvalue weighted by Crippen LogP contribution is 2.52. The van der Waals surface area contributed by atoms with E-state index in [1.165, 1.54) is 17.9 Å². The van der Waals surface area contributed by atoms with Crippen LogP contribution in [0.2, 0.25) is 0 Å². The Bertz CT molecular complexity index is 849. The summed E-state index contributed by atoms with van der Waals surface area (Å²) in [5.41, 5.74) is -0.892. The third-order valence-electron chi connectivity index (χ3n) is 4.50. The van der Waals surface area contributed by atoms with Gasteiger partial charge in [0.25, 0.3) is 5.56 Å². The van der Waals surface area contributed by atoms with E-state index in [-0.39, 0.29) is 18.6 Å². The molecule has 29 heavy (non-hydrogen) atoms. The molecule has 0 saturated carbocycles. The zero-order chi connectivity index (χ0) is 21.4. The highest BCUT2D eigenvalue weighted by molar-refractivity contribution is 7.48. The van der Waals surface area contributed by atoms with Gasteiger partial charge in [-0.2, -0.15) is 0 Å². The van der Waals surface area contributed by atoms with Crippen LogP contribution in [0, 0.1) is 0 Å². The number of aliphatic hydroxyl groups excluding tert-OH is 1. The number of hydrogen-bond donors (Lipinski definition) is 2. The minimum absolute atomic E-state index is 0.109. The zero-order valence-electron chi connectivity index (χ0n) is 16.9. The summed E-state index contributed by atoms with van der Waals surface area (Å²) in [6, 6.07) is 0. The molecule has 2 rings (SSSR count). The van der Waals surface area contributed by atoms with Crippen LogP contribution in [0.4, 0.5) is 0 Å². The number of aromatic amines is 1. The molecular formula is C18H29N2O8P. The average molecular weight is 432 g/mol. The number of aromatic nitrogens is 2. The van der Waals surface area contributed by atoms with Gasteiger partial charge in [-0.3, -0.25) is 27.9 Å². The van der Waals surface area contributed by atoms with Crippen molar-refractivity contribution in [3.63, 3.8) is 0 Å². The van der Waals surface area contributed by atoms with Gasteiger partial charge in [0, 0.05) is 19.7 Å². The molecule has 2 heterocycles. The smallest absolute Gasteiger partial charge is 0.394 e. The van der Waals surface area contributed by atoms with E-state index in [1.807, 2.05) is 6.92 Å². The fourth-order valence-electron chi connectivity index (χ4n) is 2.98. The largest absolute Gasteiger partial charge is 0.474 e. The fraction of sp³-hybridized carbons (Fsp3) is 0.667. The number of allylic oxidation sites excluding steroid dienone is 1. The van der Waals surface area contributed by atoms with Crippen molar-refractivity contribution in [2.75, 3.05) is 20.3 Å². The highest BCUT2D eigenvalue weighted by Gasteiger charge is 2.42. The molecular weight excluding hydrogens is 403 g/mol. The minimum Gasteiger partial charge on any atom is -0.394 e. The van der Waals surface area contributed by atoms with E-state index >= 15 is 0 Å². The van der Waals surface area contributed by atoms with Crippen molar-refractivity contribution in [2.24, 2.45) is 0 Å². The van der Waals surface area contributed by atoms with E-state index in [0.29, 0.717) is 6.42 Å². The molecule has 1 fully saturated rings. The third kappa shape index (κ3) is 6.21. The predicted molar refractivity (Wildman–Crippen MR) is 107 cm³/mol. The number of nitrogens with zero attached hydrogens (tertiary/aromatic N) is 1. The van der Waals surface area contributed by atoms with Crippen molar-refractivity contribution in [2.45, 2.75) is 58.0 Å². The molecule has 10 nitrogen and oxygen atoms in total. The Balaban J connectivity index is 2.17. The van der Waals surface area contributed by atoms with E-state index < -0.39 is 44.1 Å². The standard InChI is InChI=1S/C18H29N2O8P/c1-4-6-7-9-26-29(24,25-3)28-14-10-16(27-15(14)12-21)20-11-13(8-5-2)17(22)19-18(20)23/h5,8,11,14-16,21H,4,6-7,9-10,12H2,1-3H3,(H,19,22,23)/b8-5+. The average Bonchev–Trinajstić information content (AvgIpc) is 3.09. The molecule has 0 aromatic carbocycles. The molecule has 0 spiro atoms. The van der Waals surface area contributed by atoms with Crippen LogP contribution in [0.25, 0.3) is 6.08 Å². The van der Waals surface area contributed by atoms with E-state index in [2.05, 4.69) is 4.98 Å². The summed E-state index contributed by atoms with van der Waals surface area (Å²) in [7, 11) is -2.63. The number of ether oxygens (including phenoxy) is 1. The molecule has 2 N–H and O–H groups in total. The maximum absolute atomic E-state index is 12.7. The van der Waals surface area contributed by atoms with Crippen molar-refractivity contribution in [1.29, 1.82) is 0 Å². The van der Waals surface area contributed by atoms with E-state index in [9.17, 15) is 19.3 Å². The third-order valence-corrected chi connectivity index (χ3v) is 5.97. The number of aliphatic hydroxyl groups is 1. The van der Waals surface area contributed by atoms with Crippen LogP contribution in [0.15, 0.2) is 21.9 Å². The maximum Gasteiger partial charge on any atom is 0.474 e. The second-order valence-corrected chi connectivity index (χ2v) is 8.34. The lowest BCUT2D eigenvalue weighted by Gasteiger charge is -2.22. The molecule has 0 aliphatic carbocycles. The van der Waals surface area contributed by atoms with Crippen molar-refractivity contribution < 1.29 is 28.0 Å². The van der Waals surface area contributed by atoms with Crippen LogP contribution in [-0.4, -0.2) is 47.2 Å². The monoisotopic (exact) mass is 432 g/mol. The second kappa shape index (κ2) is 11.0. The molecule has 4 atom stereocenters. The lowest BCUT2D eigenvalue weighted by molar-refractivity contribution is -0.0471. The number of rotatable bonds is 11. The van der Waals surface area contributed by atoms with Gasteiger partial charge in [0.2, 0.25) is 0 Å². The maximum atomic E-state index is 12.7. The Hall–Kier alpha value is -1.55. The van der Waals surface area contributed by atoms with Crippen LogP contribution in [0.5, 0.6) is 0 Å². The lowest BCUT2D eigenvalue weighted by Crippen LogP contribution is -2.33. The molecule has 164 valence electrons. The Morgan fingerprint density at radius 2 is 2.17 bits per heavy atom. The summed E-state index contributed by atoms with van der Waals surface area (Å²) < 4.78 is 35.5. The Morgan fingerprint density at radius 3 is 2.79 bits per heavy atom. The fourth-order valence-corrected chi connectivity index (χ4v) is 4.14. The number of phosphoric ester groups is 1. The number of phosphoric acid groups is 1. The van der Waals surface area contributed by atoms with Gasteiger partial charge in [-0.05, 0) is 13.3 Å². The normalized spacial score (nSPS) is 24.2.